The number of ether oxygens (including phenoxy) is 1. The predicted molar refractivity (Wildman–Crippen MR) is 109 cm³/mol. The highest BCUT2D eigenvalue weighted by molar-refractivity contribution is 7.18. The summed E-state index contributed by atoms with van der Waals surface area (Å²) in [6.45, 7) is 1.58. The molecule has 1 atom stereocenters. The fourth-order valence-electron chi connectivity index (χ4n) is 2.32. The van der Waals surface area contributed by atoms with Crippen molar-refractivity contribution in [3.8, 4) is 16.3 Å². The number of hydrogen-bond donors (Lipinski definition) is 2. The Kier molecular flexibility index (Phi) is 6.23. The first-order valence-electron chi connectivity index (χ1n) is 8.32. The average Bonchev–Trinajstić information content (AvgIpc) is 3.16. The molecule has 0 saturated heterocycles. The summed E-state index contributed by atoms with van der Waals surface area (Å²) in [5, 5.41) is 14.7. The van der Waals surface area contributed by atoms with E-state index >= 15 is 0 Å². The molecule has 0 unspecified atom stereocenters. The van der Waals surface area contributed by atoms with E-state index in [1.54, 1.807) is 38.3 Å². The third kappa shape index (κ3) is 4.65. The molecule has 0 bridgehead atoms. The van der Waals surface area contributed by atoms with Gasteiger partial charge in [-0.2, -0.15) is 0 Å². The summed E-state index contributed by atoms with van der Waals surface area (Å²) in [6.07, 6.45) is 0. The summed E-state index contributed by atoms with van der Waals surface area (Å²) >= 11 is 7.24. The van der Waals surface area contributed by atoms with Gasteiger partial charge < -0.3 is 10.1 Å². The standard InChI is InChI=1S/C19H17ClN4O3S/c1-11(21-17(26)14-5-3-4-6-15(14)20)16(25)22-19-24-23-18(28-19)12-7-9-13(27-2)10-8-12/h3-11H,1-2H3,(H,21,26)(H,22,24,25)/t11-/m0/s1. The Morgan fingerprint density at radius 2 is 1.82 bits per heavy atom. The Hall–Kier alpha value is -2.97. The van der Waals surface area contributed by atoms with Crippen molar-refractivity contribution in [2.24, 2.45) is 0 Å². The third-order valence-electron chi connectivity index (χ3n) is 3.85. The molecule has 0 spiro atoms. The van der Waals surface area contributed by atoms with Crippen molar-refractivity contribution in [3.63, 3.8) is 0 Å². The fraction of sp³-hybridized carbons (Fsp3) is 0.158. The van der Waals surface area contributed by atoms with Crippen LogP contribution in [0.2, 0.25) is 5.02 Å². The maximum absolute atomic E-state index is 12.4. The van der Waals surface area contributed by atoms with E-state index in [1.807, 2.05) is 24.3 Å². The molecule has 2 N–H and O–H groups in total. The quantitative estimate of drug-likeness (QED) is 0.640. The van der Waals surface area contributed by atoms with Crippen LogP contribution < -0.4 is 15.4 Å². The maximum Gasteiger partial charge on any atom is 0.253 e. The van der Waals surface area contributed by atoms with Crippen molar-refractivity contribution in [2.75, 3.05) is 12.4 Å². The summed E-state index contributed by atoms with van der Waals surface area (Å²) < 4.78 is 5.13. The molecule has 144 valence electrons. The van der Waals surface area contributed by atoms with Gasteiger partial charge in [0.15, 0.2) is 0 Å². The van der Waals surface area contributed by atoms with Crippen LogP contribution >= 0.6 is 22.9 Å². The highest BCUT2D eigenvalue weighted by Crippen LogP contribution is 2.27. The average molecular weight is 417 g/mol. The lowest BCUT2D eigenvalue weighted by atomic mass is 10.2. The number of halogens is 1. The summed E-state index contributed by atoms with van der Waals surface area (Å²) in [5.74, 6) is -0.0906. The molecule has 0 saturated carbocycles. The first kappa shape index (κ1) is 19.8. The normalized spacial score (nSPS) is 11.5. The van der Waals surface area contributed by atoms with Crippen LogP contribution in [0.25, 0.3) is 10.6 Å². The van der Waals surface area contributed by atoms with E-state index in [-0.39, 0.29) is 0 Å². The van der Waals surface area contributed by atoms with E-state index in [4.69, 9.17) is 16.3 Å². The number of amides is 2. The van der Waals surface area contributed by atoms with Crippen LogP contribution in [0.3, 0.4) is 0 Å². The van der Waals surface area contributed by atoms with E-state index in [0.717, 1.165) is 11.3 Å². The number of carbonyl (C=O) groups excluding carboxylic acids is 2. The van der Waals surface area contributed by atoms with Gasteiger partial charge in [-0.25, -0.2) is 0 Å². The lowest BCUT2D eigenvalue weighted by molar-refractivity contribution is -0.117. The number of nitrogens with one attached hydrogen (secondary N) is 2. The number of nitrogens with zero attached hydrogens (tertiary/aromatic N) is 2. The molecule has 0 fully saturated rings. The van der Waals surface area contributed by atoms with Gasteiger partial charge in [0.2, 0.25) is 11.0 Å². The first-order chi connectivity index (χ1) is 13.5. The van der Waals surface area contributed by atoms with E-state index < -0.39 is 17.9 Å². The van der Waals surface area contributed by atoms with Crippen molar-refractivity contribution in [1.82, 2.24) is 15.5 Å². The lowest BCUT2D eigenvalue weighted by Gasteiger charge is -2.13. The van der Waals surface area contributed by atoms with E-state index in [0.29, 0.717) is 20.7 Å². The second-order valence-electron chi connectivity index (χ2n) is 5.81. The summed E-state index contributed by atoms with van der Waals surface area (Å²) in [5.41, 5.74) is 1.17. The number of carbonyl (C=O) groups is 2. The number of rotatable bonds is 6. The summed E-state index contributed by atoms with van der Waals surface area (Å²) in [7, 11) is 1.60. The number of hydrogen-bond acceptors (Lipinski definition) is 6. The minimum absolute atomic E-state index is 0.307. The number of benzene rings is 2. The van der Waals surface area contributed by atoms with Gasteiger partial charge in [0.25, 0.3) is 5.91 Å². The second kappa shape index (κ2) is 8.81. The van der Waals surface area contributed by atoms with Gasteiger partial charge in [0.05, 0.1) is 17.7 Å². The van der Waals surface area contributed by atoms with Gasteiger partial charge in [0, 0.05) is 5.56 Å². The van der Waals surface area contributed by atoms with Gasteiger partial charge in [0.1, 0.15) is 16.8 Å². The van der Waals surface area contributed by atoms with Gasteiger partial charge >= 0.3 is 0 Å². The minimum atomic E-state index is -0.780. The first-order valence-corrected chi connectivity index (χ1v) is 9.51. The Morgan fingerprint density at radius 1 is 1.11 bits per heavy atom. The summed E-state index contributed by atoms with van der Waals surface area (Å²) in [4.78, 5) is 24.6. The molecular formula is C19H17ClN4O3S. The Labute approximate surface area is 170 Å². The predicted octanol–water partition coefficient (Wildman–Crippen LogP) is 3.62. The molecule has 1 heterocycles. The topological polar surface area (TPSA) is 93.2 Å². The van der Waals surface area contributed by atoms with E-state index in [1.165, 1.54) is 11.3 Å². The van der Waals surface area contributed by atoms with Crippen molar-refractivity contribution in [3.05, 3.63) is 59.1 Å². The van der Waals surface area contributed by atoms with E-state index in [2.05, 4.69) is 20.8 Å². The Bertz CT molecular complexity index is 991. The van der Waals surface area contributed by atoms with Gasteiger partial charge in [-0.05, 0) is 43.3 Å². The number of anilines is 1. The monoisotopic (exact) mass is 416 g/mol. The molecule has 2 aromatic carbocycles. The maximum atomic E-state index is 12.4. The van der Waals surface area contributed by atoms with Crippen molar-refractivity contribution < 1.29 is 14.3 Å². The molecule has 7 nitrogen and oxygen atoms in total. The molecular weight excluding hydrogens is 400 g/mol. The molecule has 0 aliphatic rings. The molecule has 0 radical (unpaired) electrons. The SMILES string of the molecule is COc1ccc(-c2nnc(NC(=O)[C@H](C)NC(=O)c3ccccc3Cl)s2)cc1. The van der Waals surface area contributed by atoms with Crippen LogP contribution in [-0.4, -0.2) is 35.2 Å². The molecule has 3 aromatic rings. The van der Waals surface area contributed by atoms with Crippen molar-refractivity contribution in [2.45, 2.75) is 13.0 Å². The molecule has 3 rings (SSSR count). The van der Waals surface area contributed by atoms with Gasteiger partial charge in [-0.1, -0.05) is 35.1 Å². The van der Waals surface area contributed by atoms with Crippen LogP contribution in [0.15, 0.2) is 48.5 Å². The third-order valence-corrected chi connectivity index (χ3v) is 5.07. The largest absolute Gasteiger partial charge is 0.497 e. The highest BCUT2D eigenvalue weighted by atomic mass is 35.5. The van der Waals surface area contributed by atoms with Gasteiger partial charge in [-0.15, -0.1) is 10.2 Å². The molecule has 9 heteroatoms. The van der Waals surface area contributed by atoms with Crippen LogP contribution in [0.4, 0.5) is 5.13 Å². The molecule has 2 amide bonds. The summed E-state index contributed by atoms with van der Waals surface area (Å²) in [6, 6.07) is 13.2. The van der Waals surface area contributed by atoms with Crippen LogP contribution in [0.5, 0.6) is 5.75 Å². The van der Waals surface area contributed by atoms with Gasteiger partial charge in [-0.3, -0.25) is 14.9 Å². The molecule has 1 aromatic heterocycles. The number of methoxy groups -OCH3 is 1. The highest BCUT2D eigenvalue weighted by Gasteiger charge is 2.19. The second-order valence-corrected chi connectivity index (χ2v) is 7.19. The van der Waals surface area contributed by atoms with Crippen molar-refractivity contribution >= 4 is 39.9 Å². The smallest absolute Gasteiger partial charge is 0.253 e. The van der Waals surface area contributed by atoms with E-state index in [9.17, 15) is 9.59 Å². The Morgan fingerprint density at radius 3 is 2.50 bits per heavy atom. The van der Waals surface area contributed by atoms with Crippen LogP contribution in [0, 0.1) is 0 Å². The number of aromatic nitrogens is 2. The van der Waals surface area contributed by atoms with Crippen LogP contribution in [-0.2, 0) is 4.79 Å². The zero-order valence-electron chi connectivity index (χ0n) is 15.1. The zero-order valence-corrected chi connectivity index (χ0v) is 16.7. The minimum Gasteiger partial charge on any atom is -0.497 e. The van der Waals surface area contributed by atoms with Crippen molar-refractivity contribution in [1.29, 1.82) is 0 Å². The fourth-order valence-corrected chi connectivity index (χ4v) is 3.30. The Balaban J connectivity index is 1.62. The lowest BCUT2D eigenvalue weighted by Crippen LogP contribution is -2.41. The zero-order chi connectivity index (χ0) is 20.1. The molecule has 0 aliphatic heterocycles. The molecule has 0 aliphatic carbocycles. The van der Waals surface area contributed by atoms with Crippen LogP contribution in [0.1, 0.15) is 17.3 Å². The molecule has 28 heavy (non-hydrogen) atoms.